The number of hydrogen-bond acceptors (Lipinski definition) is 4. The number of anilines is 1. The second kappa shape index (κ2) is 5.88. The first-order valence-corrected chi connectivity index (χ1v) is 9.58. The van der Waals surface area contributed by atoms with Gasteiger partial charge < -0.3 is 14.8 Å². The molecular weight excluding hydrogens is 394 g/mol. The molecule has 1 N–H and O–H groups in total. The molecule has 2 heterocycles. The highest BCUT2D eigenvalue weighted by Gasteiger charge is 2.39. The third-order valence-electron chi connectivity index (χ3n) is 5.60. The molecule has 132 valence electrons. The van der Waals surface area contributed by atoms with Crippen LogP contribution in [0.3, 0.4) is 0 Å². The lowest BCUT2D eigenvalue weighted by atomic mass is 9.76. The Morgan fingerprint density at radius 2 is 1.96 bits per heavy atom. The molecule has 26 heavy (non-hydrogen) atoms. The van der Waals surface area contributed by atoms with Crippen molar-refractivity contribution in [1.82, 2.24) is 0 Å². The molecule has 0 unspecified atom stereocenters. The number of hydrogen-bond donors (Lipinski definition) is 1. The summed E-state index contributed by atoms with van der Waals surface area (Å²) in [6.07, 6.45) is 5.54. The quantitative estimate of drug-likeness (QED) is 0.544. The van der Waals surface area contributed by atoms with E-state index < -0.39 is 0 Å². The van der Waals surface area contributed by atoms with Crippen molar-refractivity contribution in [2.45, 2.75) is 25.3 Å². The Morgan fingerprint density at radius 1 is 1.15 bits per heavy atom. The van der Waals surface area contributed by atoms with Crippen LogP contribution >= 0.6 is 15.9 Å². The third-order valence-corrected chi connectivity index (χ3v) is 6.28. The standard InChI is InChI=1S/C21H18BrNO3/c1-11(24)12-5-6-18-15(7-12)13-3-2-4-14(13)21(23-18)16-8-19-20(9-17(16)22)26-10-25-19/h2-3,5-9,13-14,21,23H,4,10H2,1H3/t13-,14-,21-/m1/s1. The Kier molecular flexibility index (Phi) is 3.60. The number of ether oxygens (including phenoxy) is 2. The van der Waals surface area contributed by atoms with E-state index in [2.05, 4.69) is 39.5 Å². The molecule has 0 saturated heterocycles. The van der Waals surface area contributed by atoms with E-state index in [0.29, 0.717) is 11.8 Å². The van der Waals surface area contributed by atoms with Crippen LogP contribution < -0.4 is 14.8 Å². The van der Waals surface area contributed by atoms with Crippen LogP contribution in [0.2, 0.25) is 0 Å². The van der Waals surface area contributed by atoms with Gasteiger partial charge in [0.2, 0.25) is 6.79 Å². The minimum absolute atomic E-state index is 0.104. The topological polar surface area (TPSA) is 47.6 Å². The molecule has 0 aromatic heterocycles. The molecule has 0 fully saturated rings. The summed E-state index contributed by atoms with van der Waals surface area (Å²) in [5.74, 6) is 2.40. The second-order valence-corrected chi connectivity index (χ2v) is 7.92. The van der Waals surface area contributed by atoms with Crippen LogP contribution in [-0.2, 0) is 0 Å². The van der Waals surface area contributed by atoms with E-state index in [-0.39, 0.29) is 18.6 Å². The molecule has 0 amide bonds. The van der Waals surface area contributed by atoms with Gasteiger partial charge in [-0.15, -0.1) is 0 Å². The maximum Gasteiger partial charge on any atom is 0.231 e. The van der Waals surface area contributed by atoms with E-state index >= 15 is 0 Å². The number of allylic oxidation sites excluding steroid dienone is 2. The summed E-state index contributed by atoms with van der Waals surface area (Å²) in [7, 11) is 0. The van der Waals surface area contributed by atoms with Crippen molar-refractivity contribution in [1.29, 1.82) is 0 Å². The van der Waals surface area contributed by atoms with Gasteiger partial charge in [-0.2, -0.15) is 0 Å². The fourth-order valence-electron chi connectivity index (χ4n) is 4.29. The van der Waals surface area contributed by atoms with Crippen molar-refractivity contribution in [3.05, 3.63) is 63.6 Å². The predicted molar refractivity (Wildman–Crippen MR) is 103 cm³/mol. The van der Waals surface area contributed by atoms with Gasteiger partial charge in [0.15, 0.2) is 17.3 Å². The summed E-state index contributed by atoms with van der Waals surface area (Å²) < 4.78 is 12.1. The zero-order valence-electron chi connectivity index (χ0n) is 14.3. The monoisotopic (exact) mass is 411 g/mol. The van der Waals surface area contributed by atoms with E-state index in [1.54, 1.807) is 6.92 Å². The largest absolute Gasteiger partial charge is 0.454 e. The highest BCUT2D eigenvalue weighted by molar-refractivity contribution is 9.10. The Morgan fingerprint density at radius 3 is 2.77 bits per heavy atom. The fraction of sp³-hybridized carbons (Fsp3) is 0.286. The maximum absolute atomic E-state index is 11.8. The second-order valence-electron chi connectivity index (χ2n) is 7.06. The molecule has 5 heteroatoms. The summed E-state index contributed by atoms with van der Waals surface area (Å²) in [6.45, 7) is 1.89. The van der Waals surface area contributed by atoms with Crippen molar-refractivity contribution in [3.63, 3.8) is 0 Å². The first-order valence-electron chi connectivity index (χ1n) is 8.79. The van der Waals surface area contributed by atoms with E-state index in [9.17, 15) is 4.79 Å². The number of halogens is 1. The SMILES string of the molecule is CC(=O)c1ccc2c(c1)[C@@H]1C=CC[C@H]1[C@H](c1cc3c(cc1Br)OCO3)N2. The van der Waals surface area contributed by atoms with Gasteiger partial charge >= 0.3 is 0 Å². The highest BCUT2D eigenvalue weighted by atomic mass is 79.9. The van der Waals surface area contributed by atoms with Crippen LogP contribution in [0.4, 0.5) is 5.69 Å². The fourth-order valence-corrected chi connectivity index (χ4v) is 4.86. The van der Waals surface area contributed by atoms with E-state index in [1.165, 1.54) is 11.1 Å². The highest BCUT2D eigenvalue weighted by Crippen LogP contribution is 2.52. The molecule has 0 saturated carbocycles. The molecule has 2 aromatic carbocycles. The van der Waals surface area contributed by atoms with Crippen molar-refractivity contribution in [2.24, 2.45) is 5.92 Å². The van der Waals surface area contributed by atoms with Crippen LogP contribution in [0, 0.1) is 5.92 Å². The molecule has 4 nitrogen and oxygen atoms in total. The molecule has 1 aliphatic carbocycles. The van der Waals surface area contributed by atoms with Gasteiger partial charge in [0.1, 0.15) is 0 Å². The Bertz CT molecular complexity index is 953. The normalized spacial score (nSPS) is 24.8. The number of carbonyl (C=O) groups excluding carboxylic acids is 1. The molecule has 3 atom stereocenters. The first-order chi connectivity index (χ1) is 12.6. The number of benzene rings is 2. The van der Waals surface area contributed by atoms with Crippen molar-refractivity contribution < 1.29 is 14.3 Å². The summed E-state index contributed by atoms with van der Waals surface area (Å²) in [5, 5.41) is 3.71. The van der Waals surface area contributed by atoms with E-state index in [4.69, 9.17) is 9.47 Å². The average molecular weight is 412 g/mol. The zero-order valence-corrected chi connectivity index (χ0v) is 15.9. The zero-order chi connectivity index (χ0) is 17.8. The molecule has 3 aliphatic rings. The van der Waals surface area contributed by atoms with Gasteiger partial charge in [0, 0.05) is 21.6 Å². The third kappa shape index (κ3) is 2.37. The lowest BCUT2D eigenvalue weighted by Crippen LogP contribution is -2.29. The van der Waals surface area contributed by atoms with Crippen molar-refractivity contribution in [3.8, 4) is 11.5 Å². The summed E-state index contributed by atoms with van der Waals surface area (Å²) in [4.78, 5) is 11.8. The lowest BCUT2D eigenvalue weighted by molar-refractivity contribution is 0.101. The Labute approximate surface area is 160 Å². The number of Topliss-reactive ketones (excluding diaryl/α,β-unsaturated/α-hetero) is 1. The van der Waals surface area contributed by atoms with E-state index in [1.807, 2.05) is 24.3 Å². The minimum Gasteiger partial charge on any atom is -0.454 e. The van der Waals surface area contributed by atoms with Crippen LogP contribution in [0.5, 0.6) is 11.5 Å². The van der Waals surface area contributed by atoms with Crippen LogP contribution in [0.25, 0.3) is 0 Å². The van der Waals surface area contributed by atoms with Gasteiger partial charge in [-0.1, -0.05) is 28.1 Å². The number of rotatable bonds is 2. The van der Waals surface area contributed by atoms with Crippen LogP contribution in [0.1, 0.15) is 46.8 Å². The molecular formula is C21H18BrNO3. The Balaban J connectivity index is 1.59. The maximum atomic E-state index is 11.8. The number of nitrogens with one attached hydrogen (secondary N) is 1. The van der Waals surface area contributed by atoms with Gasteiger partial charge in [-0.05, 0) is 60.7 Å². The van der Waals surface area contributed by atoms with Gasteiger partial charge in [-0.3, -0.25) is 4.79 Å². The van der Waals surface area contributed by atoms with Gasteiger partial charge in [0.05, 0.1) is 6.04 Å². The average Bonchev–Trinajstić information content (AvgIpc) is 3.29. The van der Waals surface area contributed by atoms with Crippen molar-refractivity contribution in [2.75, 3.05) is 12.1 Å². The van der Waals surface area contributed by atoms with E-state index in [0.717, 1.165) is 33.6 Å². The molecule has 0 spiro atoms. The summed E-state index contributed by atoms with van der Waals surface area (Å²) in [6, 6.07) is 10.2. The molecule has 2 aliphatic heterocycles. The van der Waals surface area contributed by atoms with Gasteiger partial charge in [-0.25, -0.2) is 0 Å². The smallest absolute Gasteiger partial charge is 0.231 e. The summed E-state index contributed by atoms with van der Waals surface area (Å²) >= 11 is 3.71. The molecule has 2 aromatic rings. The molecule has 0 radical (unpaired) electrons. The minimum atomic E-state index is 0.104. The first kappa shape index (κ1) is 15.9. The van der Waals surface area contributed by atoms with Crippen LogP contribution in [-0.4, -0.2) is 12.6 Å². The number of carbonyl (C=O) groups is 1. The number of ketones is 1. The molecule has 5 rings (SSSR count). The number of fused-ring (bicyclic) bond motifs is 4. The van der Waals surface area contributed by atoms with Crippen molar-refractivity contribution >= 4 is 27.4 Å². The Hall–Kier alpha value is -2.27. The van der Waals surface area contributed by atoms with Gasteiger partial charge in [0.25, 0.3) is 0 Å². The lowest BCUT2D eigenvalue weighted by Gasteiger charge is -2.38. The van der Waals surface area contributed by atoms with Crippen LogP contribution in [0.15, 0.2) is 47.0 Å². The molecule has 0 bridgehead atoms. The predicted octanol–water partition coefficient (Wildman–Crippen LogP) is 5.21. The summed E-state index contributed by atoms with van der Waals surface area (Å²) in [5.41, 5.74) is 4.25.